The first-order chi connectivity index (χ1) is 11.0. The molecule has 23 heavy (non-hydrogen) atoms. The molecule has 1 atom stereocenters. The van der Waals surface area contributed by atoms with Gasteiger partial charge in [-0.15, -0.1) is 0 Å². The summed E-state index contributed by atoms with van der Waals surface area (Å²) >= 11 is 0. The van der Waals surface area contributed by atoms with Gasteiger partial charge >= 0.3 is 11.7 Å². The quantitative estimate of drug-likeness (QED) is 0.466. The standard InChI is InChI=1S/C16H21NO6/c1-2-15(22-12-6-4-3-5-7-12)23-14-10-11(16(18)19)8-9-13(14)17(20)21/h8-10,12,15H,2-7H2,1H3,(H,18,19). The van der Waals surface area contributed by atoms with Gasteiger partial charge in [0.1, 0.15) is 0 Å². The molecule has 1 N–H and O–H groups in total. The first-order valence-corrected chi connectivity index (χ1v) is 7.85. The second-order valence-corrected chi connectivity index (χ2v) is 5.60. The lowest BCUT2D eigenvalue weighted by Crippen LogP contribution is -2.28. The number of aromatic carboxylic acids is 1. The monoisotopic (exact) mass is 323 g/mol. The van der Waals surface area contributed by atoms with Crippen LogP contribution in [0, 0.1) is 10.1 Å². The van der Waals surface area contributed by atoms with E-state index in [1.54, 1.807) is 0 Å². The molecule has 0 bridgehead atoms. The summed E-state index contributed by atoms with van der Waals surface area (Å²) < 4.78 is 11.5. The number of nitro groups is 1. The molecule has 0 aromatic heterocycles. The molecule has 0 amide bonds. The van der Waals surface area contributed by atoms with Crippen LogP contribution in [0.1, 0.15) is 55.8 Å². The summed E-state index contributed by atoms with van der Waals surface area (Å²) in [5, 5.41) is 20.1. The number of benzene rings is 1. The number of carboxylic acids is 1. The number of nitro benzene ring substituents is 1. The van der Waals surface area contributed by atoms with Gasteiger partial charge in [-0.3, -0.25) is 10.1 Å². The summed E-state index contributed by atoms with van der Waals surface area (Å²) in [6.45, 7) is 1.86. The number of hydrogen-bond acceptors (Lipinski definition) is 5. The maximum Gasteiger partial charge on any atom is 0.335 e. The van der Waals surface area contributed by atoms with E-state index in [-0.39, 0.29) is 23.1 Å². The highest BCUT2D eigenvalue weighted by molar-refractivity contribution is 5.88. The molecular weight excluding hydrogens is 302 g/mol. The van der Waals surface area contributed by atoms with Gasteiger partial charge in [-0.2, -0.15) is 0 Å². The van der Waals surface area contributed by atoms with Gasteiger partial charge in [-0.05, 0) is 18.9 Å². The molecule has 1 unspecified atom stereocenters. The highest BCUT2D eigenvalue weighted by Gasteiger charge is 2.24. The molecule has 1 saturated carbocycles. The average Bonchev–Trinajstić information content (AvgIpc) is 2.54. The van der Waals surface area contributed by atoms with Gasteiger partial charge in [0.05, 0.1) is 16.6 Å². The number of carbonyl (C=O) groups is 1. The highest BCUT2D eigenvalue weighted by atomic mass is 16.7. The van der Waals surface area contributed by atoms with Crippen LogP contribution in [0.2, 0.25) is 0 Å². The molecule has 1 aromatic rings. The van der Waals surface area contributed by atoms with Crippen LogP contribution in [0.5, 0.6) is 5.75 Å². The van der Waals surface area contributed by atoms with Crippen molar-refractivity contribution in [2.75, 3.05) is 0 Å². The number of rotatable bonds is 7. The molecule has 1 fully saturated rings. The maximum atomic E-state index is 11.1. The Morgan fingerprint density at radius 2 is 2.09 bits per heavy atom. The summed E-state index contributed by atoms with van der Waals surface area (Å²) in [6.07, 6.45) is 5.31. The topological polar surface area (TPSA) is 98.9 Å². The lowest BCUT2D eigenvalue weighted by molar-refractivity contribution is -0.386. The second-order valence-electron chi connectivity index (χ2n) is 5.60. The van der Waals surface area contributed by atoms with Crippen LogP contribution in [0.3, 0.4) is 0 Å². The van der Waals surface area contributed by atoms with Gasteiger partial charge in [0.25, 0.3) is 0 Å². The molecule has 7 nitrogen and oxygen atoms in total. The van der Waals surface area contributed by atoms with E-state index in [0.717, 1.165) is 31.7 Å². The first-order valence-electron chi connectivity index (χ1n) is 7.85. The van der Waals surface area contributed by atoms with Crippen molar-refractivity contribution in [1.82, 2.24) is 0 Å². The first kappa shape index (κ1) is 17.2. The Morgan fingerprint density at radius 1 is 1.39 bits per heavy atom. The third-order valence-electron chi connectivity index (χ3n) is 3.89. The second kappa shape index (κ2) is 7.92. The van der Waals surface area contributed by atoms with Crippen molar-refractivity contribution in [3.05, 3.63) is 33.9 Å². The zero-order valence-corrected chi connectivity index (χ0v) is 13.1. The lowest BCUT2D eigenvalue weighted by Gasteiger charge is -2.27. The highest BCUT2D eigenvalue weighted by Crippen LogP contribution is 2.31. The normalized spacial score (nSPS) is 16.7. The predicted molar refractivity (Wildman–Crippen MR) is 82.7 cm³/mol. The minimum atomic E-state index is -1.16. The van der Waals surface area contributed by atoms with E-state index in [0.29, 0.717) is 6.42 Å². The van der Waals surface area contributed by atoms with Crippen molar-refractivity contribution in [3.8, 4) is 5.75 Å². The number of carboxylic acid groups (broad SMARTS) is 1. The van der Waals surface area contributed by atoms with Gasteiger partial charge in [0, 0.05) is 18.6 Å². The van der Waals surface area contributed by atoms with Crippen LogP contribution < -0.4 is 4.74 Å². The van der Waals surface area contributed by atoms with Crippen LogP contribution in [-0.4, -0.2) is 28.4 Å². The molecule has 0 spiro atoms. The molecule has 0 heterocycles. The number of hydrogen-bond donors (Lipinski definition) is 1. The zero-order chi connectivity index (χ0) is 16.8. The summed E-state index contributed by atoms with van der Waals surface area (Å²) in [6, 6.07) is 3.51. The third-order valence-corrected chi connectivity index (χ3v) is 3.89. The van der Waals surface area contributed by atoms with Gasteiger partial charge in [-0.25, -0.2) is 4.79 Å². The SMILES string of the molecule is CCC(Oc1cc(C(=O)O)ccc1[N+](=O)[O-])OC1CCCCC1. The van der Waals surface area contributed by atoms with Crippen molar-refractivity contribution in [1.29, 1.82) is 0 Å². The van der Waals surface area contributed by atoms with E-state index in [1.807, 2.05) is 6.92 Å². The van der Waals surface area contributed by atoms with Gasteiger partial charge in [0.2, 0.25) is 5.75 Å². The van der Waals surface area contributed by atoms with E-state index >= 15 is 0 Å². The molecular formula is C16H21NO6. The average molecular weight is 323 g/mol. The maximum absolute atomic E-state index is 11.1. The summed E-state index contributed by atoms with van der Waals surface area (Å²) in [5.41, 5.74) is -0.321. The van der Waals surface area contributed by atoms with Gasteiger partial charge < -0.3 is 14.6 Å². The molecule has 2 rings (SSSR count). The Morgan fingerprint density at radius 3 is 2.65 bits per heavy atom. The van der Waals surface area contributed by atoms with Crippen molar-refractivity contribution in [2.45, 2.75) is 57.8 Å². The smallest absolute Gasteiger partial charge is 0.335 e. The van der Waals surface area contributed by atoms with Crippen molar-refractivity contribution >= 4 is 11.7 Å². The van der Waals surface area contributed by atoms with Gasteiger partial charge in [0.15, 0.2) is 6.29 Å². The predicted octanol–water partition coefficient (Wildman–Crippen LogP) is 3.76. The van der Waals surface area contributed by atoms with Crippen LogP contribution in [0.25, 0.3) is 0 Å². The fraction of sp³-hybridized carbons (Fsp3) is 0.562. The van der Waals surface area contributed by atoms with Crippen molar-refractivity contribution in [2.24, 2.45) is 0 Å². The Labute approximate surface area is 134 Å². The number of nitrogens with zero attached hydrogens (tertiary/aromatic N) is 1. The lowest BCUT2D eigenvalue weighted by atomic mass is 9.98. The van der Waals surface area contributed by atoms with Gasteiger partial charge in [-0.1, -0.05) is 26.2 Å². The van der Waals surface area contributed by atoms with Crippen LogP contribution in [0.4, 0.5) is 5.69 Å². The summed E-state index contributed by atoms with van der Waals surface area (Å²) in [5.74, 6) is -1.23. The zero-order valence-electron chi connectivity index (χ0n) is 13.1. The molecule has 1 aliphatic rings. The summed E-state index contributed by atoms with van der Waals surface area (Å²) in [7, 11) is 0. The summed E-state index contributed by atoms with van der Waals surface area (Å²) in [4.78, 5) is 21.6. The van der Waals surface area contributed by atoms with Crippen LogP contribution in [-0.2, 0) is 4.74 Å². The van der Waals surface area contributed by atoms with E-state index < -0.39 is 17.2 Å². The molecule has 0 saturated heterocycles. The number of ether oxygens (including phenoxy) is 2. The van der Waals surface area contributed by atoms with E-state index in [4.69, 9.17) is 14.6 Å². The molecule has 1 aliphatic carbocycles. The molecule has 0 radical (unpaired) electrons. The van der Waals surface area contributed by atoms with E-state index in [1.165, 1.54) is 18.6 Å². The molecule has 1 aromatic carbocycles. The minimum Gasteiger partial charge on any atom is -0.478 e. The Hall–Kier alpha value is -2.15. The third kappa shape index (κ3) is 4.66. The van der Waals surface area contributed by atoms with Crippen molar-refractivity contribution < 1.29 is 24.3 Å². The molecule has 126 valence electrons. The fourth-order valence-electron chi connectivity index (χ4n) is 2.66. The van der Waals surface area contributed by atoms with Crippen molar-refractivity contribution in [3.63, 3.8) is 0 Å². The molecule has 0 aliphatic heterocycles. The minimum absolute atomic E-state index is 0.0573. The van der Waals surface area contributed by atoms with E-state index in [9.17, 15) is 14.9 Å². The largest absolute Gasteiger partial charge is 0.478 e. The Bertz CT molecular complexity index is 568. The Kier molecular flexibility index (Phi) is 5.92. The fourth-order valence-corrected chi connectivity index (χ4v) is 2.66. The Balaban J connectivity index is 2.15. The molecule has 7 heteroatoms. The van der Waals surface area contributed by atoms with E-state index in [2.05, 4.69) is 0 Å². The van der Waals surface area contributed by atoms with Crippen LogP contribution >= 0.6 is 0 Å². The van der Waals surface area contributed by atoms with Crippen LogP contribution in [0.15, 0.2) is 18.2 Å².